The van der Waals surface area contributed by atoms with Gasteiger partial charge in [0.15, 0.2) is 0 Å². The fraction of sp³-hybridized carbons (Fsp3) is 0.794. The molecule has 0 atom stereocenters. The van der Waals surface area contributed by atoms with Crippen molar-refractivity contribution in [1.82, 2.24) is 20.9 Å². The zero-order valence-electron chi connectivity index (χ0n) is 28.7. The van der Waals surface area contributed by atoms with Crippen LogP contribution >= 0.6 is 0 Å². The van der Waals surface area contributed by atoms with E-state index in [0.717, 1.165) is 91.1 Å². The minimum atomic E-state index is -0.254. The molecule has 0 saturated heterocycles. The van der Waals surface area contributed by atoms with E-state index in [1.165, 1.54) is 55.2 Å². The highest BCUT2D eigenvalue weighted by atomic mass is 16.1. The molecule has 0 bridgehead atoms. The van der Waals surface area contributed by atoms with Gasteiger partial charge in [-0.2, -0.15) is 0 Å². The van der Waals surface area contributed by atoms with Gasteiger partial charge in [-0.1, -0.05) is 34.9 Å². The highest BCUT2D eigenvalue weighted by Gasteiger charge is 2.05. The third kappa shape index (κ3) is 38.4. The van der Waals surface area contributed by atoms with Gasteiger partial charge >= 0.3 is 0 Å². The Hall–Kier alpha value is -1.59. The molecule has 0 aliphatic rings. The summed E-state index contributed by atoms with van der Waals surface area (Å²) in [5.41, 5.74) is 25.8. The van der Waals surface area contributed by atoms with Crippen molar-refractivity contribution in [3.63, 3.8) is 0 Å². The van der Waals surface area contributed by atoms with Crippen LogP contribution in [-0.2, 0) is 4.79 Å². The van der Waals surface area contributed by atoms with Crippen LogP contribution < -0.4 is 38.9 Å². The quantitative estimate of drug-likeness (QED) is 0.0501. The molecule has 1 amide bonds. The number of rotatable bonds is 29. The first-order valence-corrected chi connectivity index (χ1v) is 16.9. The number of amides is 1. The monoisotopic (exact) mass is 609 g/mol. The molecular weight excluding hydrogens is 536 g/mol. The molecule has 0 fully saturated rings. The number of nitrogens with zero attached hydrogens (tertiary/aromatic N) is 1. The van der Waals surface area contributed by atoms with E-state index in [1.54, 1.807) is 0 Å². The Morgan fingerprint density at radius 3 is 1.60 bits per heavy atom. The number of nitrogens with two attached hydrogens (primary N) is 4. The second-order valence-electron chi connectivity index (χ2n) is 11.7. The van der Waals surface area contributed by atoms with Gasteiger partial charge in [0.2, 0.25) is 5.91 Å². The molecule has 254 valence electrons. The number of carbonyl (C=O) groups excluding carboxylic acids is 1. The maximum Gasteiger partial charge on any atom is 0.218 e. The molecule has 0 saturated carbocycles. The summed E-state index contributed by atoms with van der Waals surface area (Å²) in [6.45, 7) is 20.0. The first-order chi connectivity index (χ1) is 20.8. The second kappa shape index (κ2) is 34.9. The maximum atomic E-state index is 10.6. The lowest BCUT2D eigenvalue weighted by Gasteiger charge is -2.20. The summed E-state index contributed by atoms with van der Waals surface area (Å²) in [6.07, 6.45) is 18.8. The van der Waals surface area contributed by atoms with Gasteiger partial charge < -0.3 is 43.8 Å². The predicted molar refractivity (Wildman–Crippen MR) is 189 cm³/mol. The normalized spacial score (nSPS) is 11.9. The first kappa shape index (κ1) is 43.5. The van der Waals surface area contributed by atoms with Gasteiger partial charge in [-0.05, 0) is 157 Å². The summed E-state index contributed by atoms with van der Waals surface area (Å²) < 4.78 is 0. The molecule has 0 unspecified atom stereocenters. The van der Waals surface area contributed by atoms with E-state index in [2.05, 4.69) is 66.8 Å². The third-order valence-electron chi connectivity index (χ3n) is 6.97. The Labute approximate surface area is 266 Å². The van der Waals surface area contributed by atoms with E-state index in [-0.39, 0.29) is 5.91 Å². The number of hydrogen-bond donors (Lipinski definition) is 7. The topological polar surface area (TPSA) is 160 Å². The molecule has 0 radical (unpaired) electrons. The molecular formula is C34H72N8O. The van der Waals surface area contributed by atoms with Crippen LogP contribution in [0.1, 0.15) is 98.3 Å². The highest BCUT2D eigenvalue weighted by molar-refractivity contribution is 5.73. The largest absolute Gasteiger partial charge is 0.370 e. The van der Waals surface area contributed by atoms with E-state index in [1.807, 2.05) is 0 Å². The summed E-state index contributed by atoms with van der Waals surface area (Å²) >= 11 is 0. The average molecular weight is 609 g/mol. The van der Waals surface area contributed by atoms with Crippen molar-refractivity contribution < 1.29 is 4.79 Å². The molecule has 0 aliphatic heterocycles. The SMILES string of the molecule is CC(C)=CCCC(C)=CCCC(C)=CCNCCCNCCCCNCCCN.NCCCN(CCCN)CCC(N)=O. The van der Waals surface area contributed by atoms with Crippen LogP contribution in [0.4, 0.5) is 0 Å². The number of unbranched alkanes of at least 4 members (excludes halogenated alkanes) is 1. The highest BCUT2D eigenvalue weighted by Crippen LogP contribution is 2.11. The Morgan fingerprint density at radius 2 is 1.07 bits per heavy atom. The van der Waals surface area contributed by atoms with Crippen LogP contribution in [0.25, 0.3) is 0 Å². The molecule has 0 aromatic heterocycles. The van der Waals surface area contributed by atoms with Gasteiger partial charge in [-0.3, -0.25) is 4.79 Å². The van der Waals surface area contributed by atoms with Gasteiger partial charge in [0.25, 0.3) is 0 Å². The van der Waals surface area contributed by atoms with E-state index >= 15 is 0 Å². The summed E-state index contributed by atoms with van der Waals surface area (Å²) in [7, 11) is 0. The minimum absolute atomic E-state index is 0.254. The van der Waals surface area contributed by atoms with Crippen LogP contribution in [0.3, 0.4) is 0 Å². The fourth-order valence-corrected chi connectivity index (χ4v) is 4.24. The number of primary amides is 1. The Morgan fingerprint density at radius 1 is 0.581 bits per heavy atom. The molecule has 0 rings (SSSR count). The van der Waals surface area contributed by atoms with Crippen molar-refractivity contribution in [3.05, 3.63) is 34.9 Å². The Bertz CT molecular complexity index is 697. The molecule has 0 aliphatic carbocycles. The van der Waals surface area contributed by atoms with Crippen molar-refractivity contribution in [2.45, 2.75) is 98.3 Å². The lowest BCUT2D eigenvalue weighted by molar-refractivity contribution is -0.118. The van der Waals surface area contributed by atoms with E-state index in [0.29, 0.717) is 19.5 Å². The van der Waals surface area contributed by atoms with Crippen LogP contribution in [0, 0.1) is 0 Å². The van der Waals surface area contributed by atoms with Gasteiger partial charge in [-0.15, -0.1) is 0 Å². The van der Waals surface area contributed by atoms with E-state index < -0.39 is 0 Å². The predicted octanol–water partition coefficient (Wildman–Crippen LogP) is 3.55. The molecule has 9 heteroatoms. The lowest BCUT2D eigenvalue weighted by Crippen LogP contribution is -2.32. The van der Waals surface area contributed by atoms with E-state index in [9.17, 15) is 4.79 Å². The zero-order chi connectivity index (χ0) is 32.4. The van der Waals surface area contributed by atoms with Gasteiger partial charge in [0, 0.05) is 19.5 Å². The number of allylic oxidation sites excluding steroid dienone is 5. The standard InChI is InChI=1S/C25H50N4.C9H22N4O/c1-23(2)11-7-12-24(3)13-8-14-25(4)15-22-29-21-10-20-28-18-6-5-17-27-19-9-16-26;10-4-1-6-13(7-2-5-11)8-3-9(12)14/h11,13,15,27-29H,5-10,12,14,16-22,26H2,1-4H3;1-8,10-11H2,(H2,12,14). The molecule has 0 heterocycles. The number of hydrogen-bond acceptors (Lipinski definition) is 8. The summed E-state index contributed by atoms with van der Waals surface area (Å²) in [5.74, 6) is -0.254. The molecule has 0 aromatic rings. The number of nitrogens with one attached hydrogen (secondary N) is 3. The number of carbonyl (C=O) groups is 1. The zero-order valence-corrected chi connectivity index (χ0v) is 28.7. The van der Waals surface area contributed by atoms with Crippen LogP contribution in [0.2, 0.25) is 0 Å². The van der Waals surface area contributed by atoms with Crippen molar-refractivity contribution >= 4 is 5.91 Å². The smallest absolute Gasteiger partial charge is 0.218 e. The van der Waals surface area contributed by atoms with Crippen LogP contribution in [0.5, 0.6) is 0 Å². The first-order valence-electron chi connectivity index (χ1n) is 16.9. The summed E-state index contributed by atoms with van der Waals surface area (Å²) in [5, 5.41) is 10.5. The fourth-order valence-electron chi connectivity index (χ4n) is 4.24. The van der Waals surface area contributed by atoms with Crippen molar-refractivity contribution in [2.75, 3.05) is 78.5 Å². The van der Waals surface area contributed by atoms with Gasteiger partial charge in [-0.25, -0.2) is 0 Å². The second-order valence-corrected chi connectivity index (χ2v) is 11.7. The lowest BCUT2D eigenvalue weighted by atomic mass is 10.1. The Balaban J connectivity index is 0. The van der Waals surface area contributed by atoms with Crippen molar-refractivity contribution in [2.24, 2.45) is 22.9 Å². The molecule has 0 aromatic carbocycles. The molecule has 9 nitrogen and oxygen atoms in total. The van der Waals surface area contributed by atoms with Gasteiger partial charge in [0.1, 0.15) is 0 Å². The average Bonchev–Trinajstić information content (AvgIpc) is 2.97. The third-order valence-corrected chi connectivity index (χ3v) is 6.97. The summed E-state index contributed by atoms with van der Waals surface area (Å²) in [4.78, 5) is 12.8. The van der Waals surface area contributed by atoms with Crippen LogP contribution in [0.15, 0.2) is 34.9 Å². The summed E-state index contributed by atoms with van der Waals surface area (Å²) in [6, 6.07) is 0. The Kier molecular flexibility index (Phi) is 35.3. The van der Waals surface area contributed by atoms with Gasteiger partial charge in [0.05, 0.1) is 0 Å². The minimum Gasteiger partial charge on any atom is -0.370 e. The van der Waals surface area contributed by atoms with E-state index in [4.69, 9.17) is 22.9 Å². The maximum absolute atomic E-state index is 10.6. The van der Waals surface area contributed by atoms with Crippen molar-refractivity contribution in [3.8, 4) is 0 Å². The molecule has 43 heavy (non-hydrogen) atoms. The molecule has 0 spiro atoms. The molecule has 11 N–H and O–H groups in total. The van der Waals surface area contributed by atoms with Crippen LogP contribution in [-0.4, -0.2) is 89.3 Å². The van der Waals surface area contributed by atoms with Crippen molar-refractivity contribution in [1.29, 1.82) is 0 Å².